The minimum atomic E-state index is 0.0743. The average molecular weight is 333 g/mol. The summed E-state index contributed by atoms with van der Waals surface area (Å²) in [5.41, 5.74) is 2.88. The van der Waals surface area contributed by atoms with Crippen molar-refractivity contribution in [2.24, 2.45) is 0 Å². The van der Waals surface area contributed by atoms with Gasteiger partial charge in [-0.05, 0) is 58.2 Å². The molecule has 1 aromatic heterocycles. The number of amides is 1. The first-order valence-electron chi connectivity index (χ1n) is 6.37. The summed E-state index contributed by atoms with van der Waals surface area (Å²) in [5, 5.41) is 2.86. The van der Waals surface area contributed by atoms with E-state index >= 15 is 0 Å². The maximum atomic E-state index is 11.3. The van der Waals surface area contributed by atoms with E-state index in [1.54, 1.807) is 6.20 Å². The van der Waals surface area contributed by atoms with E-state index in [0.717, 1.165) is 33.6 Å². The van der Waals surface area contributed by atoms with Crippen LogP contribution in [0.1, 0.15) is 17.7 Å². The fourth-order valence-electron chi connectivity index (χ4n) is 2.10. The molecule has 2 aromatic rings. The zero-order valence-electron chi connectivity index (χ0n) is 10.7. The lowest BCUT2D eigenvalue weighted by Gasteiger charge is -2.17. The Morgan fingerprint density at radius 1 is 1.25 bits per heavy atom. The number of aromatic nitrogens is 1. The molecule has 5 heteroatoms. The van der Waals surface area contributed by atoms with Crippen molar-refractivity contribution < 1.29 is 9.53 Å². The highest BCUT2D eigenvalue weighted by Gasteiger charge is 2.14. The number of nitrogens with zero attached hydrogens (tertiary/aromatic N) is 1. The van der Waals surface area contributed by atoms with Crippen LogP contribution in [-0.2, 0) is 17.8 Å². The predicted octanol–water partition coefficient (Wildman–Crippen LogP) is 3.31. The molecule has 0 aliphatic carbocycles. The second-order valence-electron chi connectivity index (χ2n) is 4.62. The highest BCUT2D eigenvalue weighted by molar-refractivity contribution is 9.10. The standard InChI is InChI=1S/C15H13BrN2O2/c16-11-2-3-12(17-8-11)9-20-13-4-5-14-10(7-13)1-6-15(19)18-14/h2-5,7-8H,1,6,9H2,(H,18,19). The van der Waals surface area contributed by atoms with Gasteiger partial charge in [-0.25, -0.2) is 0 Å². The van der Waals surface area contributed by atoms with Gasteiger partial charge in [-0.2, -0.15) is 0 Å². The Morgan fingerprint density at radius 2 is 2.15 bits per heavy atom. The third-order valence-corrected chi connectivity index (χ3v) is 3.62. The van der Waals surface area contributed by atoms with Crippen LogP contribution in [0.4, 0.5) is 5.69 Å². The van der Waals surface area contributed by atoms with E-state index in [1.165, 1.54) is 0 Å². The number of hydrogen-bond donors (Lipinski definition) is 1. The highest BCUT2D eigenvalue weighted by atomic mass is 79.9. The number of aryl methyl sites for hydroxylation is 1. The third-order valence-electron chi connectivity index (χ3n) is 3.15. The van der Waals surface area contributed by atoms with E-state index < -0.39 is 0 Å². The number of nitrogens with one attached hydrogen (secondary N) is 1. The van der Waals surface area contributed by atoms with Crippen molar-refractivity contribution >= 4 is 27.5 Å². The Labute approximate surface area is 125 Å². The van der Waals surface area contributed by atoms with Crippen LogP contribution in [0.2, 0.25) is 0 Å². The Hall–Kier alpha value is -1.88. The minimum absolute atomic E-state index is 0.0743. The van der Waals surface area contributed by atoms with Crippen LogP contribution in [-0.4, -0.2) is 10.9 Å². The topological polar surface area (TPSA) is 51.2 Å². The summed E-state index contributed by atoms with van der Waals surface area (Å²) in [6, 6.07) is 9.59. The lowest BCUT2D eigenvalue weighted by molar-refractivity contribution is -0.116. The molecule has 102 valence electrons. The number of benzene rings is 1. The van der Waals surface area contributed by atoms with E-state index in [-0.39, 0.29) is 5.91 Å². The summed E-state index contributed by atoms with van der Waals surface area (Å²) in [7, 11) is 0. The first kappa shape index (κ1) is 13.1. The Morgan fingerprint density at radius 3 is 2.95 bits per heavy atom. The van der Waals surface area contributed by atoms with Crippen molar-refractivity contribution in [1.82, 2.24) is 4.98 Å². The number of halogens is 1. The van der Waals surface area contributed by atoms with Gasteiger partial charge in [0.05, 0.1) is 5.69 Å². The van der Waals surface area contributed by atoms with E-state index in [0.29, 0.717) is 13.0 Å². The van der Waals surface area contributed by atoms with E-state index in [2.05, 4.69) is 26.2 Å². The van der Waals surface area contributed by atoms with Gasteiger partial charge in [-0.15, -0.1) is 0 Å². The molecule has 3 rings (SSSR count). The molecule has 2 heterocycles. The Kier molecular flexibility index (Phi) is 3.69. The summed E-state index contributed by atoms with van der Waals surface area (Å²) >= 11 is 3.35. The molecule has 0 bridgehead atoms. The van der Waals surface area contributed by atoms with Crippen LogP contribution >= 0.6 is 15.9 Å². The van der Waals surface area contributed by atoms with Crippen molar-refractivity contribution in [2.75, 3.05) is 5.32 Å². The maximum absolute atomic E-state index is 11.3. The fraction of sp³-hybridized carbons (Fsp3) is 0.200. The van der Waals surface area contributed by atoms with Gasteiger partial charge in [0.1, 0.15) is 12.4 Å². The van der Waals surface area contributed by atoms with Crippen molar-refractivity contribution in [2.45, 2.75) is 19.4 Å². The van der Waals surface area contributed by atoms with E-state index in [4.69, 9.17) is 4.74 Å². The quantitative estimate of drug-likeness (QED) is 0.938. The molecule has 0 saturated heterocycles. The first-order chi connectivity index (χ1) is 9.70. The van der Waals surface area contributed by atoms with Gasteiger partial charge in [-0.3, -0.25) is 9.78 Å². The molecular weight excluding hydrogens is 320 g/mol. The highest BCUT2D eigenvalue weighted by Crippen LogP contribution is 2.27. The molecule has 1 amide bonds. The van der Waals surface area contributed by atoms with E-state index in [9.17, 15) is 4.79 Å². The zero-order valence-corrected chi connectivity index (χ0v) is 12.3. The van der Waals surface area contributed by atoms with Gasteiger partial charge >= 0.3 is 0 Å². The molecule has 1 aliphatic heterocycles. The summed E-state index contributed by atoms with van der Waals surface area (Å²) in [5.74, 6) is 0.870. The second kappa shape index (κ2) is 5.63. The number of carbonyl (C=O) groups excluding carboxylic acids is 1. The van der Waals surface area contributed by atoms with Crippen LogP contribution in [0.3, 0.4) is 0 Å². The minimum Gasteiger partial charge on any atom is -0.487 e. The molecule has 1 N–H and O–H groups in total. The van der Waals surface area contributed by atoms with Gasteiger partial charge < -0.3 is 10.1 Å². The molecule has 0 unspecified atom stereocenters. The van der Waals surface area contributed by atoms with Crippen molar-refractivity contribution in [3.05, 3.63) is 52.3 Å². The molecule has 0 saturated carbocycles. The molecule has 0 radical (unpaired) electrons. The van der Waals surface area contributed by atoms with Crippen molar-refractivity contribution in [3.63, 3.8) is 0 Å². The van der Waals surface area contributed by atoms with Gasteiger partial charge in [0.2, 0.25) is 5.91 Å². The molecule has 1 aromatic carbocycles. The van der Waals surface area contributed by atoms with Crippen LogP contribution in [0.25, 0.3) is 0 Å². The number of pyridine rings is 1. The largest absolute Gasteiger partial charge is 0.487 e. The summed E-state index contributed by atoms with van der Waals surface area (Å²) in [6.45, 7) is 0.429. The smallest absolute Gasteiger partial charge is 0.224 e. The van der Waals surface area contributed by atoms with Crippen molar-refractivity contribution in [1.29, 1.82) is 0 Å². The summed E-state index contributed by atoms with van der Waals surface area (Å²) < 4.78 is 6.68. The monoisotopic (exact) mass is 332 g/mol. The normalized spacial score (nSPS) is 13.6. The van der Waals surface area contributed by atoms with Crippen LogP contribution in [0, 0.1) is 0 Å². The van der Waals surface area contributed by atoms with Gasteiger partial charge in [-0.1, -0.05) is 0 Å². The third kappa shape index (κ3) is 2.99. The van der Waals surface area contributed by atoms with Gasteiger partial charge in [0.25, 0.3) is 0 Å². The molecule has 0 spiro atoms. The molecule has 0 atom stereocenters. The Balaban J connectivity index is 1.69. The molecule has 4 nitrogen and oxygen atoms in total. The second-order valence-corrected chi connectivity index (χ2v) is 5.54. The van der Waals surface area contributed by atoms with Crippen LogP contribution in [0.15, 0.2) is 41.0 Å². The summed E-state index contributed by atoms with van der Waals surface area (Å²) in [6.07, 6.45) is 3.04. The van der Waals surface area contributed by atoms with Gasteiger partial charge in [0.15, 0.2) is 0 Å². The van der Waals surface area contributed by atoms with Crippen LogP contribution < -0.4 is 10.1 Å². The zero-order chi connectivity index (χ0) is 13.9. The SMILES string of the molecule is O=C1CCc2cc(OCc3ccc(Br)cn3)ccc2N1. The number of ether oxygens (including phenoxy) is 1. The lowest BCUT2D eigenvalue weighted by Crippen LogP contribution is -2.18. The molecule has 20 heavy (non-hydrogen) atoms. The van der Waals surface area contributed by atoms with Gasteiger partial charge in [0, 0.05) is 22.8 Å². The Bertz CT molecular complexity index is 641. The molecule has 1 aliphatic rings. The number of anilines is 1. The maximum Gasteiger partial charge on any atom is 0.224 e. The summed E-state index contributed by atoms with van der Waals surface area (Å²) in [4.78, 5) is 15.6. The van der Waals surface area contributed by atoms with E-state index in [1.807, 2.05) is 30.3 Å². The lowest BCUT2D eigenvalue weighted by atomic mass is 10.0. The van der Waals surface area contributed by atoms with Crippen molar-refractivity contribution in [3.8, 4) is 5.75 Å². The van der Waals surface area contributed by atoms with Crippen LogP contribution in [0.5, 0.6) is 5.75 Å². The number of hydrogen-bond acceptors (Lipinski definition) is 3. The number of rotatable bonds is 3. The molecule has 0 fully saturated rings. The average Bonchev–Trinajstić information content (AvgIpc) is 2.46. The first-order valence-corrected chi connectivity index (χ1v) is 7.16. The number of carbonyl (C=O) groups is 1. The predicted molar refractivity (Wildman–Crippen MR) is 79.7 cm³/mol. The fourth-order valence-corrected chi connectivity index (χ4v) is 2.33. The molecular formula is C15H13BrN2O2. The number of fused-ring (bicyclic) bond motifs is 1.